The molecule has 0 amide bonds. The van der Waals surface area contributed by atoms with Gasteiger partial charge in [-0.1, -0.05) is 12.1 Å². The molecule has 15 heavy (non-hydrogen) atoms. The molecule has 0 atom stereocenters. The average Bonchev–Trinajstić information content (AvgIpc) is 2.17. The van der Waals surface area contributed by atoms with Gasteiger partial charge in [0.25, 0.3) is 0 Å². The predicted molar refractivity (Wildman–Crippen MR) is 52.7 cm³/mol. The van der Waals surface area contributed by atoms with Crippen LogP contribution < -0.4 is 0 Å². The monoisotopic (exact) mass is 203 g/mol. The standard InChI is InChI=1S/C12H10FNO/c1-8-10(3-2-4-11(8)13)12(7-14)5-9(15)6-12/h2-4H,5-6H2,1H3. The van der Waals surface area contributed by atoms with Gasteiger partial charge in [-0.2, -0.15) is 5.26 Å². The highest BCUT2D eigenvalue weighted by molar-refractivity contribution is 5.90. The Labute approximate surface area is 87.3 Å². The summed E-state index contributed by atoms with van der Waals surface area (Å²) in [7, 11) is 0. The first-order chi connectivity index (χ1) is 7.09. The van der Waals surface area contributed by atoms with Gasteiger partial charge in [0.05, 0.1) is 11.5 Å². The van der Waals surface area contributed by atoms with Gasteiger partial charge in [0, 0.05) is 12.8 Å². The summed E-state index contributed by atoms with van der Waals surface area (Å²) in [5, 5.41) is 9.10. The van der Waals surface area contributed by atoms with Gasteiger partial charge in [-0.25, -0.2) is 4.39 Å². The molecule has 1 aromatic rings. The summed E-state index contributed by atoms with van der Waals surface area (Å²) in [6, 6.07) is 6.82. The molecule has 76 valence electrons. The summed E-state index contributed by atoms with van der Waals surface area (Å²) in [5.74, 6) is -0.248. The Hall–Kier alpha value is -1.69. The lowest BCUT2D eigenvalue weighted by atomic mass is 9.63. The third-order valence-corrected chi connectivity index (χ3v) is 3.00. The molecule has 0 bridgehead atoms. The van der Waals surface area contributed by atoms with Crippen LogP contribution in [0.4, 0.5) is 4.39 Å². The maximum Gasteiger partial charge on any atom is 0.136 e. The molecule has 0 radical (unpaired) electrons. The minimum Gasteiger partial charge on any atom is -0.300 e. The van der Waals surface area contributed by atoms with Gasteiger partial charge < -0.3 is 0 Å². The van der Waals surface area contributed by atoms with Gasteiger partial charge in [-0.3, -0.25) is 4.79 Å². The van der Waals surface area contributed by atoms with Crippen LogP contribution in [0.2, 0.25) is 0 Å². The van der Waals surface area contributed by atoms with E-state index in [1.54, 1.807) is 19.1 Å². The lowest BCUT2D eigenvalue weighted by molar-refractivity contribution is -0.126. The van der Waals surface area contributed by atoms with E-state index >= 15 is 0 Å². The second-order valence-electron chi connectivity index (χ2n) is 4.00. The molecule has 2 nitrogen and oxygen atoms in total. The normalized spacial score (nSPS) is 18.1. The van der Waals surface area contributed by atoms with Crippen LogP contribution in [-0.4, -0.2) is 5.78 Å². The van der Waals surface area contributed by atoms with Crippen molar-refractivity contribution in [3.63, 3.8) is 0 Å². The number of benzene rings is 1. The second-order valence-corrected chi connectivity index (χ2v) is 4.00. The Morgan fingerprint density at radius 2 is 2.13 bits per heavy atom. The fourth-order valence-electron chi connectivity index (χ4n) is 2.08. The van der Waals surface area contributed by atoms with Gasteiger partial charge in [-0.05, 0) is 24.1 Å². The number of ketones is 1. The quantitative estimate of drug-likeness (QED) is 0.702. The highest BCUT2D eigenvalue weighted by Crippen LogP contribution is 2.42. The molecule has 0 spiro atoms. The number of rotatable bonds is 1. The Balaban J connectivity index is 2.50. The number of nitrogens with zero attached hydrogens (tertiary/aromatic N) is 1. The molecule has 1 aliphatic rings. The van der Waals surface area contributed by atoms with Crippen molar-refractivity contribution in [2.45, 2.75) is 25.2 Å². The van der Waals surface area contributed by atoms with E-state index in [1.807, 2.05) is 0 Å². The summed E-state index contributed by atoms with van der Waals surface area (Å²) < 4.78 is 13.3. The van der Waals surface area contributed by atoms with Gasteiger partial charge in [0.15, 0.2) is 0 Å². The fourth-order valence-corrected chi connectivity index (χ4v) is 2.08. The third-order valence-electron chi connectivity index (χ3n) is 3.00. The van der Waals surface area contributed by atoms with Crippen LogP contribution >= 0.6 is 0 Å². The number of hydrogen-bond donors (Lipinski definition) is 0. The summed E-state index contributed by atoms with van der Waals surface area (Å²) in [5.41, 5.74) is 0.361. The van der Waals surface area contributed by atoms with Crippen LogP contribution in [0.3, 0.4) is 0 Å². The van der Waals surface area contributed by atoms with Crippen molar-refractivity contribution in [3.05, 3.63) is 35.1 Å². The summed E-state index contributed by atoms with van der Waals surface area (Å²) >= 11 is 0. The van der Waals surface area contributed by atoms with E-state index in [9.17, 15) is 9.18 Å². The Morgan fingerprint density at radius 3 is 2.67 bits per heavy atom. The Bertz CT molecular complexity index is 465. The zero-order chi connectivity index (χ0) is 11.1. The molecule has 1 aromatic carbocycles. The highest BCUT2D eigenvalue weighted by Gasteiger charge is 2.46. The molecular weight excluding hydrogens is 193 g/mol. The summed E-state index contributed by atoms with van der Waals surface area (Å²) in [6.45, 7) is 1.65. The van der Waals surface area contributed by atoms with E-state index in [-0.39, 0.29) is 24.4 Å². The van der Waals surface area contributed by atoms with Gasteiger partial charge in [-0.15, -0.1) is 0 Å². The van der Waals surface area contributed by atoms with Crippen molar-refractivity contribution in [1.82, 2.24) is 0 Å². The first-order valence-corrected chi connectivity index (χ1v) is 4.77. The van der Waals surface area contributed by atoms with Crippen molar-refractivity contribution < 1.29 is 9.18 Å². The Kier molecular flexibility index (Phi) is 2.08. The molecule has 1 aliphatic carbocycles. The number of nitriles is 1. The molecule has 2 rings (SSSR count). The molecular formula is C12H10FNO. The minimum atomic E-state index is -0.775. The van der Waals surface area contributed by atoms with Crippen LogP contribution in [0.25, 0.3) is 0 Å². The fraction of sp³-hybridized carbons (Fsp3) is 0.333. The maximum absolute atomic E-state index is 13.3. The lowest BCUT2D eigenvalue weighted by Crippen LogP contribution is -2.41. The molecule has 1 fully saturated rings. The van der Waals surface area contributed by atoms with Crippen LogP contribution in [0, 0.1) is 24.1 Å². The number of halogens is 1. The van der Waals surface area contributed by atoms with E-state index < -0.39 is 5.41 Å². The predicted octanol–water partition coefficient (Wildman–Crippen LogP) is 2.26. The Morgan fingerprint density at radius 1 is 1.47 bits per heavy atom. The number of carbonyl (C=O) groups excluding carboxylic acids is 1. The second kappa shape index (κ2) is 3.16. The smallest absolute Gasteiger partial charge is 0.136 e. The average molecular weight is 203 g/mol. The van der Waals surface area contributed by atoms with Gasteiger partial charge in [0.2, 0.25) is 0 Å². The van der Waals surface area contributed by atoms with Crippen LogP contribution in [0.5, 0.6) is 0 Å². The van der Waals surface area contributed by atoms with Gasteiger partial charge in [0.1, 0.15) is 11.6 Å². The van der Waals surface area contributed by atoms with Crippen molar-refractivity contribution in [1.29, 1.82) is 5.26 Å². The van der Waals surface area contributed by atoms with Crippen LogP contribution in [0.1, 0.15) is 24.0 Å². The van der Waals surface area contributed by atoms with E-state index in [2.05, 4.69) is 6.07 Å². The molecule has 3 heteroatoms. The molecule has 0 heterocycles. The van der Waals surface area contributed by atoms with Crippen molar-refractivity contribution in [2.75, 3.05) is 0 Å². The molecule has 0 N–H and O–H groups in total. The van der Waals surface area contributed by atoms with Crippen molar-refractivity contribution in [2.24, 2.45) is 0 Å². The number of hydrogen-bond acceptors (Lipinski definition) is 2. The summed E-state index contributed by atoms with van der Waals surface area (Å²) in [6.07, 6.45) is 0.432. The van der Waals surface area contributed by atoms with E-state index in [4.69, 9.17) is 5.26 Å². The first-order valence-electron chi connectivity index (χ1n) is 4.77. The molecule has 0 aliphatic heterocycles. The van der Waals surface area contributed by atoms with Crippen molar-refractivity contribution in [3.8, 4) is 6.07 Å². The van der Waals surface area contributed by atoms with E-state index in [1.165, 1.54) is 6.07 Å². The largest absolute Gasteiger partial charge is 0.300 e. The summed E-state index contributed by atoms with van der Waals surface area (Å²) in [4.78, 5) is 11.0. The zero-order valence-corrected chi connectivity index (χ0v) is 8.38. The molecule has 0 unspecified atom stereocenters. The minimum absolute atomic E-state index is 0.0696. The number of carbonyl (C=O) groups is 1. The van der Waals surface area contributed by atoms with Crippen LogP contribution in [-0.2, 0) is 10.2 Å². The van der Waals surface area contributed by atoms with E-state index in [0.717, 1.165) is 0 Å². The third kappa shape index (κ3) is 1.33. The lowest BCUT2D eigenvalue weighted by Gasteiger charge is -2.35. The van der Waals surface area contributed by atoms with Crippen LogP contribution in [0.15, 0.2) is 18.2 Å². The first kappa shape index (κ1) is 9.85. The zero-order valence-electron chi connectivity index (χ0n) is 8.38. The van der Waals surface area contributed by atoms with Crippen molar-refractivity contribution >= 4 is 5.78 Å². The van der Waals surface area contributed by atoms with Gasteiger partial charge >= 0.3 is 0 Å². The molecule has 1 saturated carbocycles. The highest BCUT2D eigenvalue weighted by atomic mass is 19.1. The molecule has 0 saturated heterocycles. The molecule has 0 aromatic heterocycles. The SMILES string of the molecule is Cc1c(F)cccc1C1(C#N)CC(=O)C1. The maximum atomic E-state index is 13.3. The number of Topliss-reactive ketones (excluding diaryl/α,β-unsaturated/α-hetero) is 1. The van der Waals surface area contributed by atoms with E-state index in [0.29, 0.717) is 11.1 Å². The topological polar surface area (TPSA) is 40.9 Å².